The predicted molar refractivity (Wildman–Crippen MR) is 110 cm³/mol. The van der Waals surface area contributed by atoms with Crippen molar-refractivity contribution in [3.63, 3.8) is 0 Å². The number of nitrogens with one attached hydrogen (secondary N) is 1. The lowest BCUT2D eigenvalue weighted by atomic mass is 10.3. The molecule has 166 valence electrons. The second-order valence-electron chi connectivity index (χ2n) is 6.97. The van der Waals surface area contributed by atoms with Crippen molar-refractivity contribution < 1.29 is 18.3 Å². The van der Waals surface area contributed by atoms with E-state index in [-0.39, 0.29) is 16.9 Å². The van der Waals surface area contributed by atoms with E-state index >= 15 is 0 Å². The number of aromatic nitrogens is 4. The van der Waals surface area contributed by atoms with Crippen LogP contribution in [0, 0.1) is 18.6 Å². The Kier molecular flexibility index (Phi) is 6.64. The van der Waals surface area contributed by atoms with Gasteiger partial charge in [-0.25, -0.2) is 23.1 Å². The number of imidazole rings is 1. The maximum atomic E-state index is 13.8. The molecular formula is C20H23F2N5O4. The number of nitrogens with zero attached hydrogens (tertiary/aromatic N) is 4. The number of amides is 1. The molecule has 31 heavy (non-hydrogen) atoms. The maximum Gasteiger partial charge on any atom is 0.333 e. The Bertz CT molecular complexity index is 1250. The average molecular weight is 435 g/mol. The molecule has 0 saturated carbocycles. The fourth-order valence-electron chi connectivity index (χ4n) is 3.34. The summed E-state index contributed by atoms with van der Waals surface area (Å²) in [6, 6.07) is 2.68. The first-order valence-electron chi connectivity index (χ1n) is 9.72. The highest BCUT2D eigenvalue weighted by Gasteiger charge is 2.21. The maximum absolute atomic E-state index is 13.8. The molecule has 0 aliphatic carbocycles. The van der Waals surface area contributed by atoms with Gasteiger partial charge in [0, 0.05) is 26.3 Å². The molecule has 2 heterocycles. The summed E-state index contributed by atoms with van der Waals surface area (Å²) in [5.41, 5.74) is -1.20. The quantitative estimate of drug-likeness (QED) is 0.580. The fourth-order valence-corrected chi connectivity index (χ4v) is 3.34. The molecule has 2 aromatic heterocycles. The van der Waals surface area contributed by atoms with E-state index in [9.17, 15) is 23.2 Å². The van der Waals surface area contributed by atoms with Crippen molar-refractivity contribution in [1.82, 2.24) is 18.7 Å². The molecule has 0 radical (unpaired) electrons. The van der Waals surface area contributed by atoms with Gasteiger partial charge in [-0.1, -0.05) is 6.92 Å². The molecule has 11 heteroatoms. The average Bonchev–Trinajstić information content (AvgIpc) is 3.05. The van der Waals surface area contributed by atoms with Gasteiger partial charge in [0.2, 0.25) is 5.91 Å². The molecule has 1 amide bonds. The van der Waals surface area contributed by atoms with Crippen molar-refractivity contribution in [3.8, 4) is 0 Å². The molecule has 3 rings (SSSR count). The van der Waals surface area contributed by atoms with E-state index in [1.165, 1.54) is 11.7 Å². The van der Waals surface area contributed by atoms with Crippen molar-refractivity contribution in [3.05, 3.63) is 56.5 Å². The van der Waals surface area contributed by atoms with E-state index < -0.39 is 35.3 Å². The Morgan fingerprint density at radius 3 is 2.55 bits per heavy atom. The highest BCUT2D eigenvalue weighted by Crippen LogP contribution is 2.15. The number of fused-ring (bicyclic) bond motifs is 1. The first kappa shape index (κ1) is 22.3. The molecule has 3 aromatic rings. The van der Waals surface area contributed by atoms with Gasteiger partial charge >= 0.3 is 5.69 Å². The number of hydrogen-bond acceptors (Lipinski definition) is 5. The van der Waals surface area contributed by atoms with Gasteiger partial charge in [-0.15, -0.1) is 0 Å². The van der Waals surface area contributed by atoms with Crippen LogP contribution in [0.5, 0.6) is 0 Å². The summed E-state index contributed by atoms with van der Waals surface area (Å²) < 4.78 is 35.8. The fraction of sp³-hybridized carbons (Fsp3) is 0.400. The first-order valence-corrected chi connectivity index (χ1v) is 9.72. The summed E-state index contributed by atoms with van der Waals surface area (Å²) in [7, 11) is 1.53. The van der Waals surface area contributed by atoms with Crippen LogP contribution in [0.2, 0.25) is 0 Å². The van der Waals surface area contributed by atoms with Gasteiger partial charge in [-0.2, -0.15) is 0 Å². The van der Waals surface area contributed by atoms with Crippen LogP contribution in [0.1, 0.15) is 19.2 Å². The van der Waals surface area contributed by atoms with E-state index in [2.05, 4.69) is 10.3 Å². The second-order valence-corrected chi connectivity index (χ2v) is 6.97. The van der Waals surface area contributed by atoms with Gasteiger partial charge in [0.05, 0.1) is 12.3 Å². The second kappa shape index (κ2) is 9.21. The SMILES string of the molecule is CCCn1c(=O)n(CC(=O)Nc2ccc(F)cc2F)c(=O)c2c1nc(C)n2CCOC. The molecular weight excluding hydrogens is 412 g/mol. The zero-order valence-electron chi connectivity index (χ0n) is 17.4. The Balaban J connectivity index is 2.07. The summed E-state index contributed by atoms with van der Waals surface area (Å²) in [6.45, 7) is 3.90. The highest BCUT2D eigenvalue weighted by atomic mass is 19.1. The van der Waals surface area contributed by atoms with Crippen molar-refractivity contribution in [1.29, 1.82) is 0 Å². The lowest BCUT2D eigenvalue weighted by molar-refractivity contribution is -0.116. The van der Waals surface area contributed by atoms with Crippen LogP contribution in [-0.4, -0.2) is 38.3 Å². The minimum Gasteiger partial charge on any atom is -0.383 e. The van der Waals surface area contributed by atoms with E-state index in [1.54, 1.807) is 11.5 Å². The lowest BCUT2D eigenvalue weighted by Gasteiger charge is -2.12. The van der Waals surface area contributed by atoms with Gasteiger partial charge in [-0.3, -0.25) is 14.2 Å². The van der Waals surface area contributed by atoms with Gasteiger partial charge in [0.1, 0.15) is 24.0 Å². The molecule has 0 aliphatic heterocycles. The number of rotatable bonds is 8. The predicted octanol–water partition coefficient (Wildman–Crippen LogP) is 1.64. The number of carbonyl (C=O) groups is 1. The van der Waals surface area contributed by atoms with Crippen LogP contribution in [-0.2, 0) is 29.2 Å². The van der Waals surface area contributed by atoms with Crippen LogP contribution in [0.3, 0.4) is 0 Å². The van der Waals surface area contributed by atoms with Crippen LogP contribution in [0.25, 0.3) is 11.2 Å². The summed E-state index contributed by atoms with van der Waals surface area (Å²) in [4.78, 5) is 43.0. The third-order valence-electron chi connectivity index (χ3n) is 4.78. The normalized spacial score (nSPS) is 11.3. The minimum absolute atomic E-state index is 0.184. The summed E-state index contributed by atoms with van der Waals surface area (Å²) in [5, 5.41) is 2.26. The molecule has 0 saturated heterocycles. The Morgan fingerprint density at radius 1 is 1.16 bits per heavy atom. The Hall–Kier alpha value is -3.34. The number of halogens is 2. The number of hydrogen-bond donors (Lipinski definition) is 1. The van der Waals surface area contributed by atoms with Gasteiger partial charge in [-0.05, 0) is 25.5 Å². The molecule has 1 aromatic carbocycles. The third kappa shape index (κ3) is 4.41. The van der Waals surface area contributed by atoms with Crippen molar-refractivity contribution in [2.24, 2.45) is 0 Å². The largest absolute Gasteiger partial charge is 0.383 e. The molecule has 0 bridgehead atoms. The molecule has 9 nitrogen and oxygen atoms in total. The molecule has 0 atom stereocenters. The van der Waals surface area contributed by atoms with E-state index in [0.717, 1.165) is 16.7 Å². The summed E-state index contributed by atoms with van der Waals surface area (Å²) >= 11 is 0. The molecule has 0 fully saturated rings. The van der Waals surface area contributed by atoms with Crippen LogP contribution in [0.4, 0.5) is 14.5 Å². The number of aryl methyl sites for hydroxylation is 2. The van der Waals surface area contributed by atoms with Crippen LogP contribution >= 0.6 is 0 Å². The molecule has 0 unspecified atom stereocenters. The molecule has 0 aliphatic rings. The summed E-state index contributed by atoms with van der Waals surface area (Å²) in [6.07, 6.45) is 0.601. The number of carbonyl (C=O) groups excluding carboxylic acids is 1. The standard InChI is InChI=1S/C20H23F2N5O4/c1-4-7-26-18-17(25(8-9-31-3)12(2)23-18)19(29)27(20(26)30)11-16(28)24-15-6-5-13(21)10-14(15)22/h5-6,10H,4,7-9,11H2,1-3H3,(H,24,28). The van der Waals surface area contributed by atoms with Gasteiger partial charge in [0.25, 0.3) is 5.56 Å². The number of anilines is 1. The number of ether oxygens (including phenoxy) is 1. The minimum atomic E-state index is -0.965. The lowest BCUT2D eigenvalue weighted by Crippen LogP contribution is -2.43. The van der Waals surface area contributed by atoms with Crippen molar-refractivity contribution in [2.45, 2.75) is 39.9 Å². The van der Waals surface area contributed by atoms with Gasteiger partial charge in [0.15, 0.2) is 11.2 Å². The van der Waals surface area contributed by atoms with Gasteiger partial charge < -0.3 is 14.6 Å². The van der Waals surface area contributed by atoms with Crippen LogP contribution in [0.15, 0.2) is 27.8 Å². The van der Waals surface area contributed by atoms with Crippen molar-refractivity contribution in [2.75, 3.05) is 19.0 Å². The number of methoxy groups -OCH3 is 1. The van der Waals surface area contributed by atoms with E-state index in [0.29, 0.717) is 38.0 Å². The van der Waals surface area contributed by atoms with Crippen LogP contribution < -0.4 is 16.6 Å². The zero-order valence-corrected chi connectivity index (χ0v) is 17.4. The Morgan fingerprint density at radius 2 is 1.90 bits per heavy atom. The van der Waals surface area contributed by atoms with E-state index in [4.69, 9.17) is 4.74 Å². The first-order chi connectivity index (χ1) is 14.8. The summed E-state index contributed by atoms with van der Waals surface area (Å²) in [5.74, 6) is -2.03. The zero-order chi connectivity index (χ0) is 22.7. The Labute approximate surface area is 175 Å². The monoisotopic (exact) mass is 435 g/mol. The van der Waals surface area contributed by atoms with E-state index in [1.807, 2.05) is 6.92 Å². The third-order valence-corrected chi connectivity index (χ3v) is 4.78. The number of benzene rings is 1. The van der Waals surface area contributed by atoms with Crippen molar-refractivity contribution >= 4 is 22.8 Å². The molecule has 1 N–H and O–H groups in total. The smallest absolute Gasteiger partial charge is 0.333 e. The topological polar surface area (TPSA) is 100 Å². The molecule has 0 spiro atoms. The highest BCUT2D eigenvalue weighted by molar-refractivity contribution is 5.90.